The first-order chi connectivity index (χ1) is 7.94. The van der Waals surface area contributed by atoms with Gasteiger partial charge in [-0.2, -0.15) is 0 Å². The van der Waals surface area contributed by atoms with Crippen molar-refractivity contribution in [2.45, 2.75) is 32.4 Å². The smallest absolute Gasteiger partial charge is 0.130 e. The second-order valence-electron chi connectivity index (χ2n) is 4.63. The second kappa shape index (κ2) is 6.07. The van der Waals surface area contributed by atoms with Crippen LogP contribution in [0.1, 0.15) is 25.8 Å². The van der Waals surface area contributed by atoms with Crippen molar-refractivity contribution in [3.63, 3.8) is 0 Å². The van der Waals surface area contributed by atoms with Crippen LogP contribution in [-0.4, -0.2) is 19.3 Å². The Bertz CT molecular complexity index is 366. The summed E-state index contributed by atoms with van der Waals surface area (Å²) in [5, 5.41) is 3.11. The number of nitrogens with one attached hydrogen (secondary N) is 1. The minimum atomic E-state index is -0.549. The third-order valence-corrected chi connectivity index (χ3v) is 2.79. The van der Waals surface area contributed by atoms with E-state index >= 15 is 0 Å². The molecule has 0 heterocycles. The van der Waals surface area contributed by atoms with Crippen LogP contribution >= 0.6 is 0 Å². The number of ether oxygens (including phenoxy) is 1. The lowest BCUT2D eigenvalue weighted by molar-refractivity contribution is 0.0158. The summed E-state index contributed by atoms with van der Waals surface area (Å²) in [6, 6.07) is 3.62. The summed E-state index contributed by atoms with van der Waals surface area (Å²) < 4.78 is 31.2. The normalized spacial score (nSPS) is 11.8. The quantitative estimate of drug-likeness (QED) is 0.776. The zero-order valence-corrected chi connectivity index (χ0v) is 10.5. The van der Waals surface area contributed by atoms with Gasteiger partial charge in [-0.05, 0) is 32.9 Å². The molecule has 0 saturated heterocycles. The van der Waals surface area contributed by atoms with Gasteiger partial charge in [0.25, 0.3) is 0 Å². The lowest BCUT2D eigenvalue weighted by Gasteiger charge is -2.22. The van der Waals surface area contributed by atoms with Gasteiger partial charge in [-0.1, -0.05) is 6.07 Å². The predicted molar refractivity (Wildman–Crippen MR) is 63.8 cm³/mol. The molecular formula is C13H19F2NO. The van der Waals surface area contributed by atoms with Gasteiger partial charge in [0.1, 0.15) is 11.6 Å². The van der Waals surface area contributed by atoms with Crippen LogP contribution in [0.4, 0.5) is 8.78 Å². The lowest BCUT2D eigenvalue weighted by atomic mass is 10.1. The van der Waals surface area contributed by atoms with E-state index in [0.717, 1.165) is 19.0 Å². The molecule has 0 amide bonds. The summed E-state index contributed by atoms with van der Waals surface area (Å²) in [7, 11) is 1.67. The standard InChI is InChI=1S/C13H19F2NO/c1-13(2,17-3)6-7-16-9-10-4-5-11(14)8-12(10)15/h4-5,8,16H,6-7,9H2,1-3H3. The fourth-order valence-corrected chi connectivity index (χ4v) is 1.38. The van der Waals surface area contributed by atoms with Crippen molar-refractivity contribution in [3.8, 4) is 0 Å². The van der Waals surface area contributed by atoms with E-state index < -0.39 is 11.6 Å². The Hall–Kier alpha value is -1.00. The number of hydrogen-bond donors (Lipinski definition) is 1. The maximum atomic E-state index is 13.3. The monoisotopic (exact) mass is 243 g/mol. The average Bonchev–Trinajstić information content (AvgIpc) is 2.27. The predicted octanol–water partition coefficient (Wildman–Crippen LogP) is 2.87. The highest BCUT2D eigenvalue weighted by Crippen LogP contribution is 2.12. The van der Waals surface area contributed by atoms with Crippen molar-refractivity contribution in [1.82, 2.24) is 5.32 Å². The highest BCUT2D eigenvalue weighted by atomic mass is 19.1. The molecule has 0 fully saturated rings. The fraction of sp³-hybridized carbons (Fsp3) is 0.538. The minimum absolute atomic E-state index is 0.186. The molecule has 0 unspecified atom stereocenters. The summed E-state index contributed by atoms with van der Waals surface area (Å²) in [5.41, 5.74) is 0.288. The molecule has 1 aromatic rings. The zero-order valence-electron chi connectivity index (χ0n) is 10.5. The minimum Gasteiger partial charge on any atom is -0.379 e. The molecule has 4 heteroatoms. The van der Waals surface area contributed by atoms with Gasteiger partial charge in [-0.25, -0.2) is 8.78 Å². The number of rotatable bonds is 6. The number of benzene rings is 1. The summed E-state index contributed by atoms with van der Waals surface area (Å²) in [6.07, 6.45) is 0.826. The molecule has 0 bridgehead atoms. The Labute approximate surface area is 101 Å². The Balaban J connectivity index is 2.36. The van der Waals surface area contributed by atoms with E-state index in [0.29, 0.717) is 12.1 Å². The van der Waals surface area contributed by atoms with E-state index in [9.17, 15) is 8.78 Å². The van der Waals surface area contributed by atoms with Gasteiger partial charge in [0.2, 0.25) is 0 Å². The second-order valence-corrected chi connectivity index (χ2v) is 4.63. The van der Waals surface area contributed by atoms with Crippen LogP contribution in [0, 0.1) is 11.6 Å². The zero-order chi connectivity index (χ0) is 12.9. The largest absolute Gasteiger partial charge is 0.379 e. The van der Waals surface area contributed by atoms with Gasteiger partial charge in [0.05, 0.1) is 5.60 Å². The van der Waals surface area contributed by atoms with Crippen molar-refractivity contribution >= 4 is 0 Å². The molecule has 0 radical (unpaired) electrons. The van der Waals surface area contributed by atoms with Crippen LogP contribution in [0.5, 0.6) is 0 Å². The van der Waals surface area contributed by atoms with Gasteiger partial charge in [-0.3, -0.25) is 0 Å². The molecule has 0 aromatic heterocycles. The third kappa shape index (κ3) is 4.79. The summed E-state index contributed by atoms with van der Waals surface area (Å²) in [5.74, 6) is -1.06. The van der Waals surface area contributed by atoms with Crippen LogP contribution in [0.3, 0.4) is 0 Å². The maximum absolute atomic E-state index is 13.3. The number of methoxy groups -OCH3 is 1. The Morgan fingerprint density at radius 2 is 2.00 bits per heavy atom. The van der Waals surface area contributed by atoms with Gasteiger partial charge in [0.15, 0.2) is 0 Å². The van der Waals surface area contributed by atoms with Gasteiger partial charge in [0, 0.05) is 25.3 Å². The molecule has 0 saturated carbocycles. The summed E-state index contributed by atoms with van der Waals surface area (Å²) >= 11 is 0. The highest BCUT2D eigenvalue weighted by Gasteiger charge is 2.15. The lowest BCUT2D eigenvalue weighted by Crippen LogP contribution is -2.28. The Morgan fingerprint density at radius 1 is 1.29 bits per heavy atom. The summed E-state index contributed by atoms with van der Waals surface area (Å²) in [4.78, 5) is 0. The average molecular weight is 243 g/mol. The molecule has 1 N–H and O–H groups in total. The molecule has 17 heavy (non-hydrogen) atoms. The van der Waals surface area contributed by atoms with E-state index in [1.165, 1.54) is 12.1 Å². The molecular weight excluding hydrogens is 224 g/mol. The van der Waals surface area contributed by atoms with Gasteiger partial charge < -0.3 is 10.1 Å². The van der Waals surface area contributed by atoms with Crippen molar-refractivity contribution in [2.75, 3.05) is 13.7 Å². The SMILES string of the molecule is COC(C)(C)CCNCc1ccc(F)cc1F. The van der Waals surface area contributed by atoms with Crippen LogP contribution < -0.4 is 5.32 Å². The van der Waals surface area contributed by atoms with Gasteiger partial charge >= 0.3 is 0 Å². The van der Waals surface area contributed by atoms with Crippen molar-refractivity contribution in [3.05, 3.63) is 35.4 Å². The molecule has 1 aromatic carbocycles. The van der Waals surface area contributed by atoms with E-state index in [-0.39, 0.29) is 5.60 Å². The van der Waals surface area contributed by atoms with Crippen LogP contribution in [-0.2, 0) is 11.3 Å². The number of halogens is 2. The topological polar surface area (TPSA) is 21.3 Å². The molecule has 96 valence electrons. The molecule has 0 aliphatic rings. The molecule has 2 nitrogen and oxygen atoms in total. The molecule has 0 aliphatic heterocycles. The third-order valence-electron chi connectivity index (χ3n) is 2.79. The first kappa shape index (κ1) is 14.1. The molecule has 1 rings (SSSR count). The van der Waals surface area contributed by atoms with Gasteiger partial charge in [-0.15, -0.1) is 0 Å². The Morgan fingerprint density at radius 3 is 2.59 bits per heavy atom. The van der Waals surface area contributed by atoms with Crippen LogP contribution in [0.15, 0.2) is 18.2 Å². The fourth-order valence-electron chi connectivity index (χ4n) is 1.38. The van der Waals surface area contributed by atoms with Crippen molar-refractivity contribution in [1.29, 1.82) is 0 Å². The maximum Gasteiger partial charge on any atom is 0.130 e. The van der Waals surface area contributed by atoms with Crippen molar-refractivity contribution < 1.29 is 13.5 Å². The summed E-state index contributed by atoms with van der Waals surface area (Å²) in [6.45, 7) is 5.10. The van der Waals surface area contributed by atoms with Crippen LogP contribution in [0.25, 0.3) is 0 Å². The van der Waals surface area contributed by atoms with Crippen molar-refractivity contribution in [2.24, 2.45) is 0 Å². The number of hydrogen-bond acceptors (Lipinski definition) is 2. The van der Waals surface area contributed by atoms with E-state index in [2.05, 4.69) is 5.32 Å². The molecule has 0 atom stereocenters. The van der Waals surface area contributed by atoms with Crippen LogP contribution in [0.2, 0.25) is 0 Å². The van der Waals surface area contributed by atoms with E-state index in [1.54, 1.807) is 7.11 Å². The van der Waals surface area contributed by atoms with E-state index in [1.807, 2.05) is 13.8 Å². The highest BCUT2D eigenvalue weighted by molar-refractivity contribution is 5.18. The van der Waals surface area contributed by atoms with E-state index in [4.69, 9.17) is 4.74 Å². The first-order valence-corrected chi connectivity index (χ1v) is 5.64. The molecule has 0 spiro atoms. The molecule has 0 aliphatic carbocycles. The Kier molecular flexibility index (Phi) is 5.02. The first-order valence-electron chi connectivity index (χ1n) is 5.64.